The van der Waals surface area contributed by atoms with Gasteiger partial charge in [0, 0.05) is 12.3 Å². The first-order chi connectivity index (χ1) is 7.20. The zero-order valence-electron chi connectivity index (χ0n) is 8.44. The number of hydrogen-bond acceptors (Lipinski definition) is 3. The Morgan fingerprint density at radius 1 is 1.40 bits per heavy atom. The molecule has 0 radical (unpaired) electrons. The zero-order chi connectivity index (χ0) is 10.8. The Morgan fingerprint density at radius 2 is 2.20 bits per heavy atom. The van der Waals surface area contributed by atoms with Crippen LogP contribution in [0.3, 0.4) is 0 Å². The summed E-state index contributed by atoms with van der Waals surface area (Å²) in [5, 5.41) is 4.87. The molecule has 0 aromatic carbocycles. The third kappa shape index (κ3) is 1.94. The van der Waals surface area contributed by atoms with Crippen molar-refractivity contribution in [1.82, 2.24) is 14.8 Å². The van der Waals surface area contributed by atoms with Crippen molar-refractivity contribution < 1.29 is 4.74 Å². The summed E-state index contributed by atoms with van der Waals surface area (Å²) in [7, 11) is 1.60. The lowest BCUT2D eigenvalue weighted by molar-refractivity contribution is 0.382. The van der Waals surface area contributed by atoms with Crippen LogP contribution >= 0.6 is 11.6 Å². The van der Waals surface area contributed by atoms with E-state index < -0.39 is 0 Å². The number of aromatic nitrogens is 3. The highest BCUT2D eigenvalue weighted by molar-refractivity contribution is 6.30. The average molecular weight is 224 g/mol. The minimum Gasteiger partial charge on any atom is -0.481 e. The Morgan fingerprint density at radius 3 is 2.80 bits per heavy atom. The molecule has 0 unspecified atom stereocenters. The molecule has 0 saturated carbocycles. The molecular weight excluding hydrogens is 214 g/mol. The lowest BCUT2D eigenvalue weighted by Crippen LogP contribution is -2.01. The lowest BCUT2D eigenvalue weighted by Gasteiger charge is -2.04. The van der Waals surface area contributed by atoms with Crippen molar-refractivity contribution in [3.05, 3.63) is 35.1 Å². The van der Waals surface area contributed by atoms with Gasteiger partial charge in [0.25, 0.3) is 0 Å². The molecular formula is C10H10ClN3O. The summed E-state index contributed by atoms with van der Waals surface area (Å²) in [5.74, 6) is 1.34. The molecule has 0 aliphatic carbocycles. The third-order valence-corrected chi connectivity index (χ3v) is 2.16. The van der Waals surface area contributed by atoms with Crippen LogP contribution in [0, 0.1) is 6.92 Å². The van der Waals surface area contributed by atoms with Gasteiger partial charge < -0.3 is 4.74 Å². The Hall–Kier alpha value is -1.55. The van der Waals surface area contributed by atoms with Crippen molar-refractivity contribution in [2.45, 2.75) is 6.92 Å². The lowest BCUT2D eigenvalue weighted by atomic mass is 10.4. The molecule has 0 atom stereocenters. The first kappa shape index (κ1) is 9.98. The number of pyridine rings is 1. The van der Waals surface area contributed by atoms with Gasteiger partial charge in [-0.25, -0.2) is 4.98 Å². The van der Waals surface area contributed by atoms with Crippen LogP contribution in [0.4, 0.5) is 0 Å². The van der Waals surface area contributed by atoms with Crippen molar-refractivity contribution >= 4 is 11.6 Å². The number of methoxy groups -OCH3 is 1. The van der Waals surface area contributed by atoms with Crippen LogP contribution < -0.4 is 4.74 Å². The van der Waals surface area contributed by atoms with E-state index in [0.717, 1.165) is 5.69 Å². The zero-order valence-corrected chi connectivity index (χ0v) is 9.19. The van der Waals surface area contributed by atoms with Gasteiger partial charge in [-0.2, -0.15) is 9.78 Å². The SMILES string of the molecule is COc1cc(C)nn1-c1ccc(Cl)cn1. The van der Waals surface area contributed by atoms with E-state index in [0.29, 0.717) is 16.7 Å². The van der Waals surface area contributed by atoms with E-state index in [4.69, 9.17) is 16.3 Å². The summed E-state index contributed by atoms with van der Waals surface area (Å²) in [6, 6.07) is 5.40. The van der Waals surface area contributed by atoms with Gasteiger partial charge in [-0.1, -0.05) is 11.6 Å². The smallest absolute Gasteiger partial charge is 0.218 e. The average Bonchev–Trinajstić information content (AvgIpc) is 2.61. The second-order valence-electron chi connectivity index (χ2n) is 3.07. The van der Waals surface area contributed by atoms with Crippen LogP contribution in [-0.4, -0.2) is 21.9 Å². The van der Waals surface area contributed by atoms with E-state index in [9.17, 15) is 0 Å². The fourth-order valence-corrected chi connectivity index (χ4v) is 1.39. The molecule has 0 aliphatic heterocycles. The normalized spacial score (nSPS) is 10.3. The number of halogens is 1. The molecule has 0 spiro atoms. The molecule has 4 nitrogen and oxygen atoms in total. The largest absolute Gasteiger partial charge is 0.481 e. The number of nitrogens with zero attached hydrogens (tertiary/aromatic N) is 3. The second kappa shape index (κ2) is 3.90. The molecule has 5 heteroatoms. The molecule has 2 aromatic rings. The minimum atomic E-state index is 0.599. The van der Waals surface area contributed by atoms with E-state index >= 15 is 0 Å². The van der Waals surface area contributed by atoms with Gasteiger partial charge >= 0.3 is 0 Å². The topological polar surface area (TPSA) is 39.9 Å². The van der Waals surface area contributed by atoms with Crippen LogP contribution in [-0.2, 0) is 0 Å². The maximum absolute atomic E-state index is 5.75. The van der Waals surface area contributed by atoms with Gasteiger partial charge in [0.2, 0.25) is 5.88 Å². The van der Waals surface area contributed by atoms with E-state index in [1.54, 1.807) is 30.1 Å². The Balaban J connectivity index is 2.48. The van der Waals surface area contributed by atoms with Crippen LogP contribution in [0.5, 0.6) is 5.88 Å². The van der Waals surface area contributed by atoms with Crippen molar-refractivity contribution in [1.29, 1.82) is 0 Å². The predicted octanol–water partition coefficient (Wildman–Crippen LogP) is 2.24. The summed E-state index contributed by atoms with van der Waals surface area (Å²) in [6.45, 7) is 1.90. The van der Waals surface area contributed by atoms with Gasteiger partial charge in [0.1, 0.15) is 0 Å². The van der Waals surface area contributed by atoms with E-state index in [2.05, 4.69) is 10.1 Å². The molecule has 2 rings (SSSR count). The Kier molecular flexibility index (Phi) is 2.60. The van der Waals surface area contributed by atoms with Gasteiger partial charge in [0.15, 0.2) is 5.82 Å². The summed E-state index contributed by atoms with van der Waals surface area (Å²) in [6.07, 6.45) is 1.58. The third-order valence-electron chi connectivity index (χ3n) is 1.94. The van der Waals surface area contributed by atoms with E-state index in [-0.39, 0.29) is 0 Å². The van der Waals surface area contributed by atoms with Crippen molar-refractivity contribution in [3.63, 3.8) is 0 Å². The summed E-state index contributed by atoms with van der Waals surface area (Å²) < 4.78 is 6.81. The highest BCUT2D eigenvalue weighted by Crippen LogP contribution is 2.18. The summed E-state index contributed by atoms with van der Waals surface area (Å²) in [5.41, 5.74) is 0.878. The Bertz CT molecular complexity index is 464. The molecule has 0 bridgehead atoms. The maximum atomic E-state index is 5.75. The molecule has 2 aromatic heterocycles. The fourth-order valence-electron chi connectivity index (χ4n) is 1.28. The van der Waals surface area contributed by atoms with Crippen LogP contribution in [0.25, 0.3) is 5.82 Å². The van der Waals surface area contributed by atoms with Gasteiger partial charge in [-0.05, 0) is 19.1 Å². The van der Waals surface area contributed by atoms with Gasteiger partial charge in [-0.15, -0.1) is 0 Å². The molecule has 0 fully saturated rings. The van der Waals surface area contributed by atoms with E-state index in [1.165, 1.54) is 0 Å². The number of aryl methyl sites for hydroxylation is 1. The number of hydrogen-bond donors (Lipinski definition) is 0. The quantitative estimate of drug-likeness (QED) is 0.784. The van der Waals surface area contributed by atoms with E-state index in [1.807, 2.05) is 13.0 Å². The minimum absolute atomic E-state index is 0.599. The van der Waals surface area contributed by atoms with Gasteiger partial charge in [0.05, 0.1) is 17.8 Å². The predicted molar refractivity (Wildman–Crippen MR) is 57.7 cm³/mol. The highest BCUT2D eigenvalue weighted by Gasteiger charge is 2.08. The standard InChI is InChI=1S/C10H10ClN3O/c1-7-5-10(15-2)14(13-7)9-4-3-8(11)6-12-9/h3-6H,1-2H3. The molecule has 0 N–H and O–H groups in total. The molecule has 2 heterocycles. The summed E-state index contributed by atoms with van der Waals surface area (Å²) in [4.78, 5) is 4.16. The maximum Gasteiger partial charge on any atom is 0.218 e. The number of rotatable bonds is 2. The molecule has 15 heavy (non-hydrogen) atoms. The van der Waals surface area contributed by atoms with Crippen molar-refractivity contribution in [2.75, 3.05) is 7.11 Å². The number of ether oxygens (including phenoxy) is 1. The highest BCUT2D eigenvalue weighted by atomic mass is 35.5. The molecule has 0 aliphatic rings. The van der Waals surface area contributed by atoms with Crippen molar-refractivity contribution in [3.8, 4) is 11.7 Å². The van der Waals surface area contributed by atoms with Crippen LogP contribution in [0.1, 0.15) is 5.69 Å². The van der Waals surface area contributed by atoms with Gasteiger partial charge in [-0.3, -0.25) is 0 Å². The second-order valence-corrected chi connectivity index (χ2v) is 3.51. The van der Waals surface area contributed by atoms with Crippen LogP contribution in [0.2, 0.25) is 5.02 Å². The first-order valence-electron chi connectivity index (χ1n) is 4.43. The monoisotopic (exact) mass is 223 g/mol. The molecule has 0 amide bonds. The summed E-state index contributed by atoms with van der Waals surface area (Å²) >= 11 is 5.75. The molecule has 78 valence electrons. The first-order valence-corrected chi connectivity index (χ1v) is 4.81. The molecule has 0 saturated heterocycles. The fraction of sp³-hybridized carbons (Fsp3) is 0.200. The van der Waals surface area contributed by atoms with Crippen molar-refractivity contribution in [2.24, 2.45) is 0 Å². The Labute approximate surface area is 92.5 Å². The van der Waals surface area contributed by atoms with Crippen LogP contribution in [0.15, 0.2) is 24.4 Å².